The number of nitrogens with one attached hydrogen (secondary N) is 1. The molecule has 120 valence electrons. The molecule has 0 heterocycles. The van der Waals surface area contributed by atoms with E-state index in [9.17, 15) is 9.90 Å². The second-order valence-corrected chi connectivity index (χ2v) is 4.55. The Morgan fingerprint density at radius 2 is 2.00 bits per heavy atom. The predicted octanol–water partition coefficient (Wildman–Crippen LogP) is 2.56. The molecule has 0 radical (unpaired) electrons. The van der Waals surface area contributed by atoms with Crippen LogP contribution in [0.3, 0.4) is 0 Å². The molecule has 2 aromatic rings. The molecule has 6 heteroatoms. The highest BCUT2D eigenvalue weighted by atomic mass is 16.5. The van der Waals surface area contributed by atoms with Crippen molar-refractivity contribution in [2.24, 2.45) is 5.10 Å². The van der Waals surface area contributed by atoms with Gasteiger partial charge in [0.25, 0.3) is 5.91 Å². The van der Waals surface area contributed by atoms with Gasteiger partial charge in [0.2, 0.25) is 0 Å². The molecular weight excluding hydrogens is 296 g/mol. The first-order chi connectivity index (χ1) is 11.2. The molecule has 6 nitrogen and oxygen atoms in total. The summed E-state index contributed by atoms with van der Waals surface area (Å²) in [5.41, 5.74) is 3.31. The van der Waals surface area contributed by atoms with Gasteiger partial charge in [-0.25, -0.2) is 5.43 Å². The third-order valence-electron chi connectivity index (χ3n) is 3.05. The maximum absolute atomic E-state index is 11.9. The van der Waals surface area contributed by atoms with Crippen LogP contribution in [0.1, 0.15) is 22.8 Å². The van der Waals surface area contributed by atoms with Crippen LogP contribution in [0, 0.1) is 0 Å². The molecule has 0 saturated heterocycles. The van der Waals surface area contributed by atoms with Gasteiger partial charge < -0.3 is 14.6 Å². The number of hydrogen-bond donors (Lipinski definition) is 2. The minimum absolute atomic E-state index is 0.0169. The van der Waals surface area contributed by atoms with Gasteiger partial charge in [0, 0.05) is 11.1 Å². The summed E-state index contributed by atoms with van der Waals surface area (Å²) in [6.45, 7) is 2.28. The lowest BCUT2D eigenvalue weighted by molar-refractivity contribution is 0.0955. The van der Waals surface area contributed by atoms with Crippen molar-refractivity contribution in [3.05, 3.63) is 53.6 Å². The Morgan fingerprint density at radius 1 is 1.26 bits per heavy atom. The van der Waals surface area contributed by atoms with Crippen LogP contribution < -0.4 is 14.9 Å². The Hall–Kier alpha value is -3.02. The van der Waals surface area contributed by atoms with E-state index in [1.807, 2.05) is 6.92 Å². The van der Waals surface area contributed by atoms with E-state index in [1.54, 1.807) is 49.6 Å². The van der Waals surface area contributed by atoms with Crippen LogP contribution in [0.5, 0.6) is 17.2 Å². The van der Waals surface area contributed by atoms with Crippen LogP contribution in [0.2, 0.25) is 0 Å². The SMILES string of the molecule is CCOc1cccc(/C=N/NC(=O)c2ccc(OC)cc2)c1O. The lowest BCUT2D eigenvalue weighted by Gasteiger charge is -2.07. The zero-order valence-corrected chi connectivity index (χ0v) is 12.9. The van der Waals surface area contributed by atoms with Gasteiger partial charge in [0.05, 0.1) is 19.9 Å². The summed E-state index contributed by atoms with van der Waals surface area (Å²) in [5.74, 6) is 0.668. The maximum Gasteiger partial charge on any atom is 0.271 e. The fourth-order valence-corrected chi connectivity index (χ4v) is 1.88. The quantitative estimate of drug-likeness (QED) is 0.634. The number of para-hydroxylation sites is 1. The number of hydrogen-bond acceptors (Lipinski definition) is 5. The lowest BCUT2D eigenvalue weighted by atomic mass is 10.2. The molecule has 0 aliphatic heterocycles. The van der Waals surface area contributed by atoms with E-state index in [-0.39, 0.29) is 11.7 Å². The van der Waals surface area contributed by atoms with Crippen molar-refractivity contribution in [2.75, 3.05) is 13.7 Å². The molecule has 0 aliphatic rings. The van der Waals surface area contributed by atoms with Crippen molar-refractivity contribution in [3.63, 3.8) is 0 Å². The molecular formula is C17H18N2O4. The summed E-state index contributed by atoms with van der Waals surface area (Å²) in [5, 5.41) is 13.9. The highest BCUT2D eigenvalue weighted by Gasteiger charge is 2.07. The van der Waals surface area contributed by atoms with Gasteiger partial charge in [-0.3, -0.25) is 4.79 Å². The molecule has 0 aliphatic carbocycles. The van der Waals surface area contributed by atoms with Gasteiger partial charge in [0.15, 0.2) is 11.5 Å². The number of nitrogens with zero attached hydrogens (tertiary/aromatic N) is 1. The molecule has 2 rings (SSSR count). The van der Waals surface area contributed by atoms with Crippen molar-refractivity contribution in [3.8, 4) is 17.2 Å². The summed E-state index contributed by atoms with van der Waals surface area (Å²) in [7, 11) is 1.56. The number of carbonyl (C=O) groups excluding carboxylic acids is 1. The van der Waals surface area contributed by atoms with Crippen molar-refractivity contribution < 1.29 is 19.4 Å². The van der Waals surface area contributed by atoms with Crippen molar-refractivity contribution in [2.45, 2.75) is 6.92 Å². The number of phenols is 1. The zero-order chi connectivity index (χ0) is 16.7. The number of phenolic OH excluding ortho intramolecular Hbond substituents is 1. The Labute approximate surface area is 134 Å². The Morgan fingerprint density at radius 3 is 2.65 bits per heavy atom. The summed E-state index contributed by atoms with van der Waals surface area (Å²) in [6, 6.07) is 11.7. The smallest absolute Gasteiger partial charge is 0.271 e. The number of methoxy groups -OCH3 is 1. The van der Waals surface area contributed by atoms with E-state index in [2.05, 4.69) is 10.5 Å². The second kappa shape index (κ2) is 7.84. The third-order valence-corrected chi connectivity index (χ3v) is 3.05. The minimum Gasteiger partial charge on any atom is -0.504 e. The summed E-state index contributed by atoms with van der Waals surface area (Å²) >= 11 is 0. The number of carbonyl (C=O) groups is 1. The molecule has 0 saturated carbocycles. The average molecular weight is 314 g/mol. The molecule has 1 amide bonds. The molecule has 0 atom stereocenters. The highest BCUT2D eigenvalue weighted by Crippen LogP contribution is 2.28. The summed E-state index contributed by atoms with van der Waals surface area (Å²) < 4.78 is 10.3. The van der Waals surface area contributed by atoms with E-state index >= 15 is 0 Å². The zero-order valence-electron chi connectivity index (χ0n) is 12.9. The van der Waals surface area contributed by atoms with E-state index in [4.69, 9.17) is 9.47 Å². The maximum atomic E-state index is 11.9. The molecule has 0 bridgehead atoms. The number of amides is 1. The fraction of sp³-hybridized carbons (Fsp3) is 0.176. The van der Waals surface area contributed by atoms with Crippen molar-refractivity contribution in [1.29, 1.82) is 0 Å². The van der Waals surface area contributed by atoms with Gasteiger partial charge in [-0.15, -0.1) is 0 Å². The molecule has 23 heavy (non-hydrogen) atoms. The number of hydrazone groups is 1. The molecule has 0 fully saturated rings. The Kier molecular flexibility index (Phi) is 5.57. The van der Waals surface area contributed by atoms with Gasteiger partial charge in [-0.05, 0) is 43.3 Å². The minimum atomic E-state index is -0.357. The Bertz CT molecular complexity index is 696. The first-order valence-electron chi connectivity index (χ1n) is 7.08. The fourth-order valence-electron chi connectivity index (χ4n) is 1.88. The van der Waals surface area contributed by atoms with E-state index in [0.29, 0.717) is 29.2 Å². The van der Waals surface area contributed by atoms with E-state index < -0.39 is 0 Å². The predicted molar refractivity (Wildman–Crippen MR) is 87.3 cm³/mol. The number of aromatic hydroxyl groups is 1. The third kappa shape index (κ3) is 4.23. The van der Waals surface area contributed by atoms with Crippen LogP contribution in [-0.2, 0) is 0 Å². The molecule has 0 spiro atoms. The number of rotatable bonds is 6. The van der Waals surface area contributed by atoms with E-state index in [0.717, 1.165) is 0 Å². The van der Waals surface area contributed by atoms with Gasteiger partial charge in [0.1, 0.15) is 5.75 Å². The standard InChI is InChI=1S/C17H18N2O4/c1-3-23-15-6-4-5-13(16(15)20)11-18-19-17(21)12-7-9-14(22-2)10-8-12/h4-11,20H,3H2,1-2H3,(H,19,21)/b18-11+. The molecule has 0 aromatic heterocycles. The molecule has 2 aromatic carbocycles. The number of ether oxygens (including phenoxy) is 2. The van der Waals surface area contributed by atoms with Crippen LogP contribution in [0.15, 0.2) is 47.6 Å². The van der Waals surface area contributed by atoms with Crippen molar-refractivity contribution >= 4 is 12.1 Å². The summed E-state index contributed by atoms with van der Waals surface area (Å²) in [6.07, 6.45) is 1.36. The van der Waals surface area contributed by atoms with Crippen LogP contribution in [-0.4, -0.2) is 30.9 Å². The van der Waals surface area contributed by atoms with Gasteiger partial charge in [-0.1, -0.05) is 6.07 Å². The first-order valence-corrected chi connectivity index (χ1v) is 7.08. The van der Waals surface area contributed by atoms with Crippen LogP contribution >= 0.6 is 0 Å². The second-order valence-electron chi connectivity index (χ2n) is 4.55. The highest BCUT2D eigenvalue weighted by molar-refractivity contribution is 5.95. The van der Waals surface area contributed by atoms with Gasteiger partial charge in [-0.2, -0.15) is 5.10 Å². The largest absolute Gasteiger partial charge is 0.504 e. The average Bonchev–Trinajstić information content (AvgIpc) is 2.58. The topological polar surface area (TPSA) is 80.2 Å². The number of benzene rings is 2. The normalized spacial score (nSPS) is 10.5. The van der Waals surface area contributed by atoms with Gasteiger partial charge >= 0.3 is 0 Å². The van der Waals surface area contributed by atoms with Crippen LogP contribution in [0.4, 0.5) is 0 Å². The molecule has 2 N–H and O–H groups in total. The molecule has 0 unspecified atom stereocenters. The van der Waals surface area contributed by atoms with Crippen molar-refractivity contribution in [1.82, 2.24) is 5.43 Å². The summed E-state index contributed by atoms with van der Waals surface area (Å²) in [4.78, 5) is 11.9. The van der Waals surface area contributed by atoms with Crippen LogP contribution in [0.25, 0.3) is 0 Å². The Balaban J connectivity index is 2.03. The first kappa shape index (κ1) is 16.4. The van der Waals surface area contributed by atoms with E-state index in [1.165, 1.54) is 6.21 Å². The lowest BCUT2D eigenvalue weighted by Crippen LogP contribution is -2.17. The monoisotopic (exact) mass is 314 g/mol.